The van der Waals surface area contributed by atoms with Crippen molar-refractivity contribution in [2.75, 3.05) is 0 Å². The van der Waals surface area contributed by atoms with Crippen molar-refractivity contribution in [3.63, 3.8) is 0 Å². The average molecular weight is 429 g/mol. The number of carbonyl (C=O) groups excluding carboxylic acids is 3. The van der Waals surface area contributed by atoms with Gasteiger partial charge in [-0.25, -0.2) is 0 Å². The van der Waals surface area contributed by atoms with Crippen LogP contribution < -0.4 is 16.4 Å². The van der Waals surface area contributed by atoms with E-state index in [1.54, 1.807) is 6.92 Å². The Hall–Kier alpha value is -2.67. The molecule has 1 unspecified atom stereocenters. The molecule has 0 spiro atoms. The molecule has 5 N–H and O–H groups in total. The molecule has 170 valence electrons. The van der Waals surface area contributed by atoms with Gasteiger partial charge in [-0.2, -0.15) is 0 Å². The number of hydrogen-bond donors (Lipinski definition) is 4. The summed E-state index contributed by atoms with van der Waals surface area (Å²) in [5.74, 6) is -0.830. The minimum atomic E-state index is -1.03. The van der Waals surface area contributed by atoms with Crippen molar-refractivity contribution < 1.29 is 14.4 Å². The van der Waals surface area contributed by atoms with E-state index >= 15 is 0 Å². The highest BCUT2D eigenvalue weighted by atomic mass is 16.2. The van der Waals surface area contributed by atoms with Gasteiger partial charge in [-0.05, 0) is 38.8 Å². The van der Waals surface area contributed by atoms with Gasteiger partial charge in [0, 0.05) is 41.4 Å². The maximum atomic E-state index is 13.4. The van der Waals surface area contributed by atoms with E-state index in [9.17, 15) is 14.4 Å². The summed E-state index contributed by atoms with van der Waals surface area (Å²) >= 11 is 0. The monoisotopic (exact) mass is 428 g/mol. The number of H-pyrrole nitrogens is 1. The van der Waals surface area contributed by atoms with Crippen LogP contribution >= 0.6 is 0 Å². The van der Waals surface area contributed by atoms with Gasteiger partial charge in [-0.15, -0.1) is 0 Å². The predicted molar refractivity (Wildman–Crippen MR) is 124 cm³/mol. The summed E-state index contributed by atoms with van der Waals surface area (Å²) in [7, 11) is 0. The molecule has 7 nitrogen and oxygen atoms in total. The third kappa shape index (κ3) is 6.40. The van der Waals surface area contributed by atoms with Gasteiger partial charge in [0.1, 0.15) is 0 Å². The third-order valence-electron chi connectivity index (χ3n) is 5.44. The van der Waals surface area contributed by atoms with Gasteiger partial charge < -0.3 is 21.4 Å². The summed E-state index contributed by atoms with van der Waals surface area (Å²) in [5.41, 5.74) is 5.62. The first-order chi connectivity index (χ1) is 14.3. The Kier molecular flexibility index (Phi) is 7.65. The van der Waals surface area contributed by atoms with E-state index in [2.05, 4.69) is 15.6 Å². The fraction of sp³-hybridized carbons (Fsp3) is 0.542. The highest BCUT2D eigenvalue weighted by Gasteiger charge is 2.38. The van der Waals surface area contributed by atoms with Crippen LogP contribution in [0.15, 0.2) is 30.5 Å². The lowest BCUT2D eigenvalue weighted by Gasteiger charge is -2.34. The van der Waals surface area contributed by atoms with Crippen LogP contribution in [0.1, 0.15) is 59.9 Å². The van der Waals surface area contributed by atoms with Crippen LogP contribution in [0.2, 0.25) is 0 Å². The van der Waals surface area contributed by atoms with Crippen molar-refractivity contribution in [3.05, 3.63) is 36.0 Å². The number of hydrogen-bond acceptors (Lipinski definition) is 4. The Morgan fingerprint density at radius 1 is 1.10 bits per heavy atom. The first-order valence-corrected chi connectivity index (χ1v) is 10.8. The van der Waals surface area contributed by atoms with Crippen LogP contribution in [0.25, 0.3) is 10.9 Å². The molecule has 0 saturated heterocycles. The van der Waals surface area contributed by atoms with E-state index in [1.807, 2.05) is 65.1 Å². The number of aromatic amines is 1. The first kappa shape index (κ1) is 24.6. The molecular formula is C24H36N4O3. The molecule has 0 fully saturated rings. The molecular weight excluding hydrogens is 392 g/mol. The van der Waals surface area contributed by atoms with Crippen molar-refractivity contribution in [2.24, 2.45) is 11.1 Å². The Bertz CT molecular complexity index is 942. The number of amides is 2. The highest BCUT2D eigenvalue weighted by Crippen LogP contribution is 2.24. The number of fused-ring (bicyclic) bond motifs is 1. The second-order valence-electron chi connectivity index (χ2n) is 9.80. The van der Waals surface area contributed by atoms with E-state index in [0.29, 0.717) is 6.42 Å². The standard InChI is InChI=1S/C24H36N4O3/c1-15(2)28-24(6,12-11-20(25)29)22(31)27-19(21(30)23(3,4)5)13-16-14-26-18-10-8-7-9-17(16)18/h7-10,14-15,19,26,28H,11-13H2,1-6H3,(H2,25,29)(H,27,31)/t19?,24-/m0/s1. The van der Waals surface area contributed by atoms with Gasteiger partial charge in [0.25, 0.3) is 0 Å². The Labute approximate surface area is 184 Å². The van der Waals surface area contributed by atoms with Crippen molar-refractivity contribution in [3.8, 4) is 0 Å². The number of ketones is 1. The van der Waals surface area contributed by atoms with Crippen LogP contribution in [0.5, 0.6) is 0 Å². The van der Waals surface area contributed by atoms with Crippen molar-refractivity contribution >= 4 is 28.5 Å². The quantitative estimate of drug-likeness (QED) is 0.465. The van der Waals surface area contributed by atoms with Gasteiger partial charge in [0.05, 0.1) is 11.6 Å². The Morgan fingerprint density at radius 3 is 2.32 bits per heavy atom. The minimum absolute atomic E-state index is 0.00834. The topological polar surface area (TPSA) is 117 Å². The summed E-state index contributed by atoms with van der Waals surface area (Å²) in [5, 5.41) is 7.25. The fourth-order valence-electron chi connectivity index (χ4n) is 3.83. The van der Waals surface area contributed by atoms with Crippen LogP contribution in [-0.4, -0.2) is 40.2 Å². The number of aromatic nitrogens is 1. The van der Waals surface area contributed by atoms with Gasteiger partial charge in [0.2, 0.25) is 11.8 Å². The lowest BCUT2D eigenvalue weighted by Crippen LogP contribution is -2.60. The van der Waals surface area contributed by atoms with Crippen LogP contribution in [0, 0.1) is 5.41 Å². The summed E-state index contributed by atoms with van der Waals surface area (Å²) in [6.07, 6.45) is 2.58. The van der Waals surface area contributed by atoms with Crippen LogP contribution in [0.3, 0.4) is 0 Å². The van der Waals surface area contributed by atoms with Gasteiger partial charge in [0.15, 0.2) is 5.78 Å². The summed E-state index contributed by atoms with van der Waals surface area (Å²) in [6.45, 7) is 11.2. The number of para-hydroxylation sites is 1. The number of Topliss-reactive ketones (excluding diaryl/α,β-unsaturated/α-hetero) is 1. The van der Waals surface area contributed by atoms with Crippen molar-refractivity contribution in [2.45, 2.75) is 78.4 Å². The summed E-state index contributed by atoms with van der Waals surface area (Å²) in [4.78, 5) is 41.2. The molecule has 2 aromatic rings. The van der Waals surface area contributed by atoms with Gasteiger partial charge in [-0.3, -0.25) is 14.4 Å². The molecule has 1 aromatic carbocycles. The lowest BCUT2D eigenvalue weighted by atomic mass is 9.83. The van der Waals surface area contributed by atoms with E-state index < -0.39 is 22.9 Å². The van der Waals surface area contributed by atoms with E-state index in [4.69, 9.17) is 5.73 Å². The zero-order valence-corrected chi connectivity index (χ0v) is 19.5. The SMILES string of the molecule is CC(C)N[C@@](C)(CCC(N)=O)C(=O)NC(Cc1c[nH]c2ccccc12)C(=O)C(C)(C)C. The van der Waals surface area contributed by atoms with Crippen molar-refractivity contribution in [1.82, 2.24) is 15.6 Å². The summed E-state index contributed by atoms with van der Waals surface area (Å²) < 4.78 is 0. The molecule has 0 saturated carbocycles. The van der Waals surface area contributed by atoms with Gasteiger partial charge in [-0.1, -0.05) is 39.0 Å². The Morgan fingerprint density at radius 2 is 1.74 bits per heavy atom. The van der Waals surface area contributed by atoms with E-state index in [0.717, 1.165) is 16.5 Å². The molecule has 2 atom stereocenters. The smallest absolute Gasteiger partial charge is 0.240 e. The molecule has 0 aliphatic carbocycles. The maximum absolute atomic E-state index is 13.4. The lowest BCUT2D eigenvalue weighted by molar-refractivity contribution is -0.135. The first-order valence-electron chi connectivity index (χ1n) is 10.8. The number of benzene rings is 1. The molecule has 2 rings (SSSR count). The van der Waals surface area contributed by atoms with Crippen LogP contribution in [-0.2, 0) is 20.8 Å². The Balaban J connectivity index is 2.33. The number of primary amides is 1. The largest absolute Gasteiger partial charge is 0.370 e. The second-order valence-corrected chi connectivity index (χ2v) is 9.80. The number of rotatable bonds is 10. The van der Waals surface area contributed by atoms with Crippen molar-refractivity contribution in [1.29, 1.82) is 0 Å². The zero-order chi connectivity index (χ0) is 23.4. The molecule has 7 heteroatoms. The fourth-order valence-corrected chi connectivity index (χ4v) is 3.83. The van der Waals surface area contributed by atoms with E-state index in [-0.39, 0.29) is 30.6 Å². The van der Waals surface area contributed by atoms with Crippen LogP contribution in [0.4, 0.5) is 0 Å². The zero-order valence-electron chi connectivity index (χ0n) is 19.5. The highest BCUT2D eigenvalue weighted by molar-refractivity contribution is 5.96. The minimum Gasteiger partial charge on any atom is -0.370 e. The molecule has 0 radical (unpaired) electrons. The molecule has 0 bridgehead atoms. The molecule has 1 heterocycles. The number of nitrogens with one attached hydrogen (secondary N) is 3. The second kappa shape index (κ2) is 9.64. The van der Waals surface area contributed by atoms with E-state index in [1.165, 1.54) is 0 Å². The molecule has 1 aromatic heterocycles. The molecule has 31 heavy (non-hydrogen) atoms. The third-order valence-corrected chi connectivity index (χ3v) is 5.44. The molecule has 2 amide bonds. The maximum Gasteiger partial charge on any atom is 0.240 e. The molecule has 0 aliphatic rings. The summed E-state index contributed by atoms with van der Waals surface area (Å²) in [6, 6.07) is 7.18. The predicted octanol–water partition coefficient (Wildman–Crippen LogP) is 2.83. The van der Waals surface area contributed by atoms with Gasteiger partial charge >= 0.3 is 0 Å². The number of carbonyl (C=O) groups is 3. The number of nitrogens with two attached hydrogens (primary N) is 1. The normalized spacial score (nSPS) is 14.9. The average Bonchev–Trinajstić information content (AvgIpc) is 3.07. The molecule has 0 aliphatic heterocycles.